The third-order valence-corrected chi connectivity index (χ3v) is 12.7. The molecule has 2 aliphatic rings. The van der Waals surface area contributed by atoms with E-state index in [-0.39, 0.29) is 0 Å². The predicted octanol–water partition coefficient (Wildman–Crippen LogP) is 15.1. The molecule has 0 N–H and O–H groups in total. The van der Waals surface area contributed by atoms with E-state index in [1.807, 2.05) is 0 Å². The molecule has 0 aliphatic heterocycles. The first kappa shape index (κ1) is 32.7. The van der Waals surface area contributed by atoms with Gasteiger partial charge in [0.25, 0.3) is 0 Å². The third kappa shape index (κ3) is 4.71. The van der Waals surface area contributed by atoms with Crippen LogP contribution in [-0.4, -0.2) is 0 Å². The van der Waals surface area contributed by atoms with E-state index in [1.165, 1.54) is 88.3 Å². The molecule has 12 rings (SSSR count). The first-order valence-electron chi connectivity index (χ1n) is 20.2. The minimum Gasteiger partial charge on any atom is -0.310 e. The molecule has 0 amide bonds. The summed E-state index contributed by atoms with van der Waals surface area (Å²) in [4.78, 5) is 2.47. The number of hydrogen-bond acceptors (Lipinski definition) is 1. The van der Waals surface area contributed by atoms with Crippen molar-refractivity contribution in [2.75, 3.05) is 4.90 Å². The van der Waals surface area contributed by atoms with Gasteiger partial charge >= 0.3 is 0 Å². The Bertz CT molecular complexity index is 3190. The number of rotatable bonds is 5. The summed E-state index contributed by atoms with van der Waals surface area (Å²) in [5.74, 6) is 0. The molecule has 0 saturated heterocycles. The number of fused-ring (bicyclic) bond motifs is 12. The van der Waals surface area contributed by atoms with Crippen LogP contribution in [0.15, 0.2) is 224 Å². The molecule has 1 heteroatoms. The van der Waals surface area contributed by atoms with Crippen molar-refractivity contribution in [2.45, 2.75) is 5.41 Å². The summed E-state index contributed by atoms with van der Waals surface area (Å²) < 4.78 is 0. The summed E-state index contributed by atoms with van der Waals surface area (Å²) in [5.41, 5.74) is 18.3. The topological polar surface area (TPSA) is 3.24 Å². The molecule has 0 heterocycles. The molecule has 0 atom stereocenters. The summed E-state index contributed by atoms with van der Waals surface area (Å²) >= 11 is 0. The lowest BCUT2D eigenvalue weighted by molar-refractivity contribution is 0.794. The highest BCUT2D eigenvalue weighted by Crippen LogP contribution is 2.64. The van der Waals surface area contributed by atoms with Gasteiger partial charge in [-0.25, -0.2) is 0 Å². The van der Waals surface area contributed by atoms with Crippen LogP contribution in [-0.2, 0) is 5.41 Å². The van der Waals surface area contributed by atoms with Crippen LogP contribution in [0.4, 0.5) is 17.1 Å². The van der Waals surface area contributed by atoms with Crippen LogP contribution < -0.4 is 4.90 Å². The van der Waals surface area contributed by atoms with Gasteiger partial charge in [-0.15, -0.1) is 0 Å². The van der Waals surface area contributed by atoms with Gasteiger partial charge in [0.15, 0.2) is 0 Å². The quantitative estimate of drug-likeness (QED) is 0.170. The van der Waals surface area contributed by atoms with E-state index in [1.54, 1.807) is 0 Å². The lowest BCUT2D eigenvalue weighted by Gasteiger charge is -2.33. The van der Waals surface area contributed by atoms with E-state index in [4.69, 9.17) is 0 Å². The Kier molecular flexibility index (Phi) is 7.21. The number of nitrogens with zero attached hydrogens (tertiary/aromatic N) is 1. The van der Waals surface area contributed by atoms with Crippen molar-refractivity contribution < 1.29 is 0 Å². The highest BCUT2D eigenvalue weighted by atomic mass is 15.1. The van der Waals surface area contributed by atoms with Crippen molar-refractivity contribution in [3.8, 4) is 44.5 Å². The van der Waals surface area contributed by atoms with Crippen molar-refractivity contribution in [3.63, 3.8) is 0 Å². The van der Waals surface area contributed by atoms with Crippen LogP contribution in [0.5, 0.6) is 0 Å². The fourth-order valence-electron chi connectivity index (χ4n) is 10.2. The minimum atomic E-state index is -0.509. The van der Waals surface area contributed by atoms with Crippen LogP contribution in [0, 0.1) is 0 Å². The molecule has 0 bridgehead atoms. The van der Waals surface area contributed by atoms with E-state index in [0.717, 1.165) is 17.1 Å². The first-order valence-corrected chi connectivity index (χ1v) is 20.2. The normalized spacial score (nSPS) is 13.0. The molecule has 0 saturated carbocycles. The second-order valence-corrected chi connectivity index (χ2v) is 15.6. The molecular weight excluding hydrogens is 699 g/mol. The highest BCUT2D eigenvalue weighted by molar-refractivity contribution is 6.02. The lowest BCUT2D eigenvalue weighted by Crippen LogP contribution is -2.26. The molecule has 2 aliphatic carbocycles. The average molecular weight is 736 g/mol. The van der Waals surface area contributed by atoms with Gasteiger partial charge in [-0.1, -0.05) is 188 Å². The maximum atomic E-state index is 2.50. The van der Waals surface area contributed by atoms with E-state index in [0.29, 0.717) is 0 Å². The highest BCUT2D eigenvalue weighted by Gasteiger charge is 2.52. The van der Waals surface area contributed by atoms with Gasteiger partial charge in [-0.3, -0.25) is 0 Å². The number of hydrogen-bond donors (Lipinski definition) is 0. The van der Waals surface area contributed by atoms with Crippen LogP contribution >= 0.6 is 0 Å². The molecule has 0 fully saturated rings. The lowest BCUT2D eigenvalue weighted by atomic mass is 9.70. The van der Waals surface area contributed by atoms with E-state index in [9.17, 15) is 0 Å². The zero-order valence-electron chi connectivity index (χ0n) is 31.8. The Hall–Kier alpha value is -7.48. The van der Waals surface area contributed by atoms with E-state index >= 15 is 0 Å². The van der Waals surface area contributed by atoms with Gasteiger partial charge in [0, 0.05) is 16.8 Å². The van der Waals surface area contributed by atoms with Gasteiger partial charge in [0.05, 0.1) is 11.1 Å². The monoisotopic (exact) mass is 735 g/mol. The SMILES string of the molecule is c1ccc(-c2cccc(N(c3ccc4c(c3)C3(c5ccccc5-c5ccccc53)c3cc(-c5cccc6ccccc56)ccc3-4)c3cccc4ccccc34)c2)cc1. The van der Waals surface area contributed by atoms with Crippen LogP contribution in [0.3, 0.4) is 0 Å². The summed E-state index contributed by atoms with van der Waals surface area (Å²) in [6.45, 7) is 0. The van der Waals surface area contributed by atoms with Crippen molar-refractivity contribution in [1.29, 1.82) is 0 Å². The number of anilines is 3. The summed E-state index contributed by atoms with van der Waals surface area (Å²) in [5, 5.41) is 4.95. The Labute approximate surface area is 338 Å². The number of benzene rings is 10. The molecule has 10 aromatic rings. The summed E-state index contributed by atoms with van der Waals surface area (Å²) in [6.07, 6.45) is 0. The van der Waals surface area contributed by atoms with Gasteiger partial charge in [0.2, 0.25) is 0 Å². The second-order valence-electron chi connectivity index (χ2n) is 15.6. The standard InChI is InChI=1S/C57H37N/c1-2-15-38(16-3-1)41-21-12-22-43(35-41)58(56-30-14-20-40-18-5-7-24-47(40)56)44-32-34-51-50-33-31-42(46-27-13-19-39-17-4-6-23-45(39)46)36-54(50)57(55(51)37-44)52-28-10-8-25-48(52)49-26-9-11-29-53(49)57/h1-37H. The van der Waals surface area contributed by atoms with E-state index in [2.05, 4.69) is 229 Å². The average Bonchev–Trinajstić information content (AvgIpc) is 3.76. The molecule has 270 valence electrons. The van der Waals surface area contributed by atoms with Gasteiger partial charge in [-0.05, 0) is 119 Å². The molecule has 10 aromatic carbocycles. The summed E-state index contributed by atoms with van der Waals surface area (Å²) in [6, 6.07) is 83.2. The zero-order valence-corrected chi connectivity index (χ0v) is 31.8. The van der Waals surface area contributed by atoms with E-state index < -0.39 is 5.41 Å². The molecule has 0 aromatic heterocycles. The molecule has 58 heavy (non-hydrogen) atoms. The maximum absolute atomic E-state index is 2.50. The Morgan fingerprint density at radius 3 is 1.57 bits per heavy atom. The maximum Gasteiger partial charge on any atom is 0.0726 e. The predicted molar refractivity (Wildman–Crippen MR) is 243 cm³/mol. The Morgan fingerprint density at radius 1 is 0.276 bits per heavy atom. The molecule has 1 nitrogen and oxygen atoms in total. The molecule has 0 unspecified atom stereocenters. The molecule has 0 radical (unpaired) electrons. The van der Waals surface area contributed by atoms with Crippen LogP contribution in [0.1, 0.15) is 22.3 Å². The Balaban J connectivity index is 1.14. The Morgan fingerprint density at radius 2 is 0.793 bits per heavy atom. The smallest absolute Gasteiger partial charge is 0.0726 e. The van der Waals surface area contributed by atoms with Crippen LogP contribution in [0.2, 0.25) is 0 Å². The van der Waals surface area contributed by atoms with Crippen molar-refractivity contribution >= 4 is 38.6 Å². The third-order valence-electron chi connectivity index (χ3n) is 12.7. The van der Waals surface area contributed by atoms with Crippen molar-refractivity contribution in [2.24, 2.45) is 0 Å². The van der Waals surface area contributed by atoms with Crippen LogP contribution in [0.25, 0.3) is 66.1 Å². The summed E-state index contributed by atoms with van der Waals surface area (Å²) in [7, 11) is 0. The fourth-order valence-corrected chi connectivity index (χ4v) is 10.2. The second kappa shape index (κ2) is 12.8. The van der Waals surface area contributed by atoms with Crippen molar-refractivity contribution in [1.82, 2.24) is 0 Å². The van der Waals surface area contributed by atoms with Crippen molar-refractivity contribution in [3.05, 3.63) is 247 Å². The minimum absolute atomic E-state index is 0.509. The zero-order chi connectivity index (χ0) is 38.2. The first-order chi connectivity index (χ1) is 28.8. The van der Waals surface area contributed by atoms with Gasteiger partial charge in [-0.2, -0.15) is 0 Å². The molecular formula is C57H37N. The largest absolute Gasteiger partial charge is 0.310 e. The fraction of sp³-hybridized carbons (Fsp3) is 0.0175. The van der Waals surface area contributed by atoms with Gasteiger partial charge < -0.3 is 4.90 Å². The molecule has 1 spiro atoms. The van der Waals surface area contributed by atoms with Gasteiger partial charge in [0.1, 0.15) is 0 Å².